The van der Waals surface area contributed by atoms with Gasteiger partial charge in [0.25, 0.3) is 0 Å². The zero-order valence-electron chi connectivity index (χ0n) is 9.11. The van der Waals surface area contributed by atoms with E-state index in [2.05, 4.69) is 6.07 Å². The van der Waals surface area contributed by atoms with E-state index in [4.69, 9.17) is 37.7 Å². The quantitative estimate of drug-likeness (QED) is 0.501. The molecule has 0 fully saturated rings. The van der Waals surface area contributed by atoms with Gasteiger partial charge in [0.1, 0.15) is 5.66 Å². The molecule has 0 aromatic heterocycles. The van der Waals surface area contributed by atoms with Crippen molar-refractivity contribution in [1.82, 2.24) is 0 Å². The van der Waals surface area contributed by atoms with E-state index in [1.165, 1.54) is 0 Å². The minimum atomic E-state index is -2.45. The molecule has 0 aromatic carbocycles. The third-order valence-electron chi connectivity index (χ3n) is 1.76. The Morgan fingerprint density at radius 2 is 1.93 bits per heavy atom. The largest absolute Gasteiger partial charge is 0.329 e. The fourth-order valence-corrected chi connectivity index (χ4v) is 4.18. The Balaban J connectivity index is 4.55. The van der Waals surface area contributed by atoms with Crippen molar-refractivity contribution in [2.45, 2.75) is 32.3 Å². The van der Waals surface area contributed by atoms with Gasteiger partial charge in [-0.25, -0.2) is 0 Å². The molecule has 1 unspecified atom stereocenters. The summed E-state index contributed by atoms with van der Waals surface area (Å²) in [6.07, 6.45) is 1.41. The van der Waals surface area contributed by atoms with Gasteiger partial charge in [-0.3, -0.25) is 0 Å². The molecule has 6 heteroatoms. The maximum atomic E-state index is 9.05. The molecule has 0 rings (SSSR count). The number of nitrogens with zero attached hydrogens (tertiary/aromatic N) is 1. The first-order chi connectivity index (χ1) is 7.14. The summed E-state index contributed by atoms with van der Waals surface area (Å²) >= 11 is 10.9. The molecule has 0 aliphatic rings. The van der Waals surface area contributed by atoms with Crippen molar-refractivity contribution in [3.05, 3.63) is 0 Å². The number of hydrogen-bond acceptors (Lipinski definition) is 4. The molecule has 15 heavy (non-hydrogen) atoms. The van der Waals surface area contributed by atoms with Crippen molar-refractivity contribution in [1.29, 1.82) is 5.26 Å². The Labute approximate surface area is 102 Å². The van der Waals surface area contributed by atoms with Crippen molar-refractivity contribution in [2.24, 2.45) is 0 Å². The van der Waals surface area contributed by atoms with Crippen LogP contribution in [0.1, 0.15) is 26.7 Å². The average molecular weight is 270 g/mol. The lowest BCUT2D eigenvalue weighted by molar-refractivity contribution is 0.262. The maximum absolute atomic E-state index is 9.05. The average Bonchev–Trinajstić information content (AvgIpc) is 2.19. The second kappa shape index (κ2) is 8.50. The monoisotopic (exact) mass is 269 g/mol. The van der Waals surface area contributed by atoms with Gasteiger partial charge in [0, 0.05) is 5.88 Å². The van der Waals surface area contributed by atoms with Crippen LogP contribution in [0.15, 0.2) is 0 Å². The van der Waals surface area contributed by atoms with Gasteiger partial charge in [-0.05, 0) is 38.5 Å². The second-order valence-electron chi connectivity index (χ2n) is 2.85. The van der Waals surface area contributed by atoms with E-state index < -0.39 is 6.49 Å². The van der Waals surface area contributed by atoms with E-state index in [1.54, 1.807) is 0 Å². The van der Waals surface area contributed by atoms with Crippen molar-refractivity contribution < 1.29 is 9.05 Å². The molecule has 0 radical (unpaired) electrons. The Kier molecular flexibility index (Phi) is 8.69. The van der Waals surface area contributed by atoms with Crippen LogP contribution < -0.4 is 0 Å². The molecule has 0 aromatic rings. The normalized spacial score (nSPS) is 13.5. The lowest BCUT2D eigenvalue weighted by atomic mass is 10.3. The molecule has 1 atom stereocenters. The molecular weight excluding hydrogens is 253 g/mol. The molecule has 0 aliphatic heterocycles. The summed E-state index contributed by atoms with van der Waals surface area (Å²) in [5.41, 5.74) is -0.342. The Morgan fingerprint density at radius 3 is 2.27 bits per heavy atom. The van der Waals surface area contributed by atoms with Crippen LogP contribution in [0.2, 0.25) is 0 Å². The number of hydrogen-bond donors (Lipinski definition) is 0. The first-order valence-electron chi connectivity index (χ1n) is 4.99. The summed E-state index contributed by atoms with van der Waals surface area (Å²) in [5, 5.41) is 9.05. The first kappa shape index (κ1) is 15.3. The van der Waals surface area contributed by atoms with Crippen LogP contribution in [0.25, 0.3) is 0 Å². The standard InChI is InChI=1S/C9H17ClNO2PS/c1-3-12-14(15,13-4-2)9(8-11)6-5-7-10/h9H,3-7H2,1-2H3. The van der Waals surface area contributed by atoms with Crippen LogP contribution in [0.4, 0.5) is 0 Å². The molecule has 0 N–H and O–H groups in total. The van der Waals surface area contributed by atoms with Gasteiger partial charge in [0.15, 0.2) is 0 Å². The third kappa shape index (κ3) is 5.29. The molecule has 0 saturated heterocycles. The zero-order chi connectivity index (χ0) is 11.7. The number of halogens is 1. The highest BCUT2D eigenvalue weighted by atomic mass is 35.5. The summed E-state index contributed by atoms with van der Waals surface area (Å²) in [6, 6.07) is 2.18. The van der Waals surface area contributed by atoms with E-state index in [0.717, 1.165) is 6.42 Å². The van der Waals surface area contributed by atoms with Gasteiger partial charge in [-0.1, -0.05) is 0 Å². The SMILES string of the molecule is CCOP(=S)(OCC)C(C#N)CCCCl. The molecule has 3 nitrogen and oxygen atoms in total. The summed E-state index contributed by atoms with van der Waals surface area (Å²) < 4.78 is 10.9. The molecule has 0 saturated carbocycles. The minimum absolute atomic E-state index is 0.342. The van der Waals surface area contributed by atoms with Crippen molar-refractivity contribution in [3.63, 3.8) is 0 Å². The molecule has 0 aliphatic carbocycles. The summed E-state index contributed by atoms with van der Waals surface area (Å²) in [4.78, 5) is 0. The lowest BCUT2D eigenvalue weighted by Crippen LogP contribution is -2.11. The van der Waals surface area contributed by atoms with E-state index in [1.807, 2.05) is 13.8 Å². The van der Waals surface area contributed by atoms with Crippen LogP contribution in [0, 0.1) is 11.3 Å². The third-order valence-corrected chi connectivity index (χ3v) is 5.80. The van der Waals surface area contributed by atoms with Gasteiger partial charge in [-0.15, -0.1) is 11.6 Å². The van der Waals surface area contributed by atoms with Crippen LogP contribution in [0.5, 0.6) is 0 Å². The lowest BCUT2D eigenvalue weighted by Gasteiger charge is -2.25. The van der Waals surface area contributed by atoms with Gasteiger partial charge < -0.3 is 9.05 Å². The highest BCUT2D eigenvalue weighted by Crippen LogP contribution is 2.54. The number of nitriles is 1. The minimum Gasteiger partial charge on any atom is -0.329 e. The van der Waals surface area contributed by atoms with Gasteiger partial charge >= 0.3 is 0 Å². The van der Waals surface area contributed by atoms with Gasteiger partial charge in [0.05, 0.1) is 19.3 Å². The van der Waals surface area contributed by atoms with Crippen molar-refractivity contribution in [2.75, 3.05) is 19.1 Å². The zero-order valence-corrected chi connectivity index (χ0v) is 11.6. The molecule has 0 spiro atoms. The Morgan fingerprint density at radius 1 is 1.40 bits per heavy atom. The maximum Gasteiger partial charge on any atom is 0.205 e. The van der Waals surface area contributed by atoms with Gasteiger partial charge in [-0.2, -0.15) is 5.26 Å². The highest BCUT2D eigenvalue weighted by Gasteiger charge is 2.29. The Bertz CT molecular complexity index is 247. The number of rotatable bonds is 8. The van der Waals surface area contributed by atoms with E-state index in [-0.39, 0.29) is 5.66 Å². The van der Waals surface area contributed by atoms with E-state index in [9.17, 15) is 0 Å². The molecule has 0 heterocycles. The number of alkyl halides is 1. The van der Waals surface area contributed by atoms with Crippen LogP contribution in [-0.2, 0) is 20.9 Å². The smallest absolute Gasteiger partial charge is 0.205 e. The first-order valence-corrected chi connectivity index (χ1v) is 8.23. The predicted octanol–water partition coefficient (Wildman–Crippen LogP) is 3.28. The summed E-state index contributed by atoms with van der Waals surface area (Å²) in [5.74, 6) is 0.533. The Hall–Kier alpha value is 0.350. The van der Waals surface area contributed by atoms with Crippen LogP contribution in [-0.4, -0.2) is 24.8 Å². The van der Waals surface area contributed by atoms with Crippen molar-refractivity contribution >= 4 is 29.9 Å². The van der Waals surface area contributed by atoms with Crippen LogP contribution in [0.3, 0.4) is 0 Å². The van der Waals surface area contributed by atoms with Crippen molar-refractivity contribution in [3.8, 4) is 6.07 Å². The molecule has 0 amide bonds. The van der Waals surface area contributed by atoms with E-state index >= 15 is 0 Å². The molecule has 0 bridgehead atoms. The van der Waals surface area contributed by atoms with Crippen LogP contribution >= 0.6 is 18.1 Å². The highest BCUT2D eigenvalue weighted by molar-refractivity contribution is 8.10. The fraction of sp³-hybridized carbons (Fsp3) is 0.889. The predicted molar refractivity (Wildman–Crippen MR) is 66.9 cm³/mol. The molecular formula is C9H17ClNO2PS. The fourth-order valence-electron chi connectivity index (χ4n) is 1.14. The molecule has 88 valence electrons. The summed E-state index contributed by atoms with van der Waals surface area (Å²) in [6.45, 7) is 2.23. The second-order valence-corrected chi connectivity index (χ2v) is 6.98. The van der Waals surface area contributed by atoms with E-state index in [0.29, 0.717) is 25.5 Å². The van der Waals surface area contributed by atoms with Gasteiger partial charge in [0.2, 0.25) is 6.49 Å². The topological polar surface area (TPSA) is 42.2 Å². The summed E-state index contributed by atoms with van der Waals surface area (Å²) in [7, 11) is 0.